The van der Waals surface area contributed by atoms with E-state index in [1.807, 2.05) is 12.1 Å². The highest BCUT2D eigenvalue weighted by molar-refractivity contribution is 6.14. The zero-order valence-corrected chi connectivity index (χ0v) is 36.2. The van der Waals surface area contributed by atoms with Gasteiger partial charge in [-0.25, -0.2) is 0 Å². The summed E-state index contributed by atoms with van der Waals surface area (Å²) >= 11 is 0. The van der Waals surface area contributed by atoms with Crippen LogP contribution in [-0.4, -0.2) is 13.7 Å². The number of benzene rings is 10. The molecule has 3 aromatic heterocycles. The van der Waals surface area contributed by atoms with Crippen molar-refractivity contribution >= 4 is 76.2 Å². The Morgan fingerprint density at radius 1 is 0.299 bits per heavy atom. The average Bonchev–Trinajstić information content (AvgIpc) is 4.02. The van der Waals surface area contributed by atoms with Gasteiger partial charge in [-0.1, -0.05) is 103 Å². The van der Waals surface area contributed by atoms with Gasteiger partial charge in [0.1, 0.15) is 0 Å². The number of para-hydroxylation sites is 4. The summed E-state index contributed by atoms with van der Waals surface area (Å²) in [7, 11) is 0. The third-order valence-corrected chi connectivity index (χ3v) is 14.3. The minimum Gasteiger partial charge on any atom is -0.309 e. The zero-order valence-electron chi connectivity index (χ0n) is 36.2. The maximum atomic E-state index is 9.62. The molecule has 0 amide bonds. The van der Waals surface area contributed by atoms with E-state index in [1.54, 1.807) is 6.07 Å². The quantitative estimate of drug-likeness (QED) is 0.177. The molecule has 0 saturated carbocycles. The molecule has 0 bridgehead atoms. The Morgan fingerprint density at radius 2 is 0.716 bits per heavy atom. The van der Waals surface area contributed by atoms with Crippen LogP contribution >= 0.6 is 0 Å². The lowest BCUT2D eigenvalue weighted by molar-refractivity contribution is 0.997. The summed E-state index contributed by atoms with van der Waals surface area (Å²) < 4.78 is 7.30. The lowest BCUT2D eigenvalue weighted by Gasteiger charge is -2.22. The Morgan fingerprint density at radius 3 is 1.22 bits per heavy atom. The summed E-state index contributed by atoms with van der Waals surface area (Å²) in [6.45, 7) is 0. The minimum absolute atomic E-state index is 0.491. The van der Waals surface area contributed by atoms with E-state index in [9.17, 15) is 10.5 Å². The fourth-order valence-electron chi connectivity index (χ4n) is 11.3. The number of aromatic nitrogens is 3. The molecule has 3 heterocycles. The summed E-state index contributed by atoms with van der Waals surface area (Å²) in [4.78, 5) is 0. The van der Waals surface area contributed by atoms with Gasteiger partial charge in [-0.15, -0.1) is 0 Å². The van der Waals surface area contributed by atoms with E-state index >= 15 is 0 Å². The molecule has 5 heteroatoms. The van der Waals surface area contributed by atoms with Gasteiger partial charge in [0.05, 0.1) is 56.4 Å². The van der Waals surface area contributed by atoms with Gasteiger partial charge in [0.25, 0.3) is 0 Å². The highest BCUT2D eigenvalue weighted by Crippen LogP contribution is 2.41. The van der Waals surface area contributed by atoms with Gasteiger partial charge in [0.2, 0.25) is 0 Å². The van der Waals surface area contributed by atoms with Gasteiger partial charge in [-0.05, 0) is 154 Å². The molecule has 10 aromatic carbocycles. The molecular weight excluding hydrogens is 815 g/mol. The molecule has 0 unspecified atom stereocenters. The first kappa shape index (κ1) is 37.2. The Labute approximate surface area is 385 Å². The molecule has 67 heavy (non-hydrogen) atoms. The second-order valence-electron chi connectivity index (χ2n) is 18.0. The molecule has 1 aliphatic carbocycles. The molecule has 0 saturated heterocycles. The van der Waals surface area contributed by atoms with Gasteiger partial charge in [0, 0.05) is 49.4 Å². The van der Waals surface area contributed by atoms with Crippen molar-refractivity contribution in [1.82, 2.24) is 13.7 Å². The Balaban J connectivity index is 0.927. The lowest BCUT2D eigenvalue weighted by atomic mass is 9.84. The van der Waals surface area contributed by atoms with Crippen LogP contribution in [0.3, 0.4) is 0 Å². The van der Waals surface area contributed by atoms with Crippen molar-refractivity contribution in [3.05, 3.63) is 234 Å². The predicted octanol–water partition coefficient (Wildman–Crippen LogP) is 15.0. The van der Waals surface area contributed by atoms with Crippen LogP contribution < -0.4 is 0 Å². The predicted molar refractivity (Wildman–Crippen MR) is 274 cm³/mol. The van der Waals surface area contributed by atoms with E-state index in [-0.39, 0.29) is 0 Å². The van der Waals surface area contributed by atoms with Crippen LogP contribution in [0.4, 0.5) is 0 Å². The smallest absolute Gasteiger partial charge is 0.0992 e. The third kappa shape index (κ3) is 5.59. The van der Waals surface area contributed by atoms with Gasteiger partial charge in [0.15, 0.2) is 0 Å². The fourth-order valence-corrected chi connectivity index (χ4v) is 11.3. The average molecular weight is 852 g/mol. The normalized spacial score (nSPS) is 12.3. The van der Waals surface area contributed by atoms with Crippen molar-refractivity contribution in [3.8, 4) is 40.3 Å². The highest BCUT2D eigenvalue weighted by atomic mass is 15.0. The first-order valence-electron chi connectivity index (χ1n) is 22.8. The van der Waals surface area contributed by atoms with E-state index in [4.69, 9.17) is 0 Å². The van der Waals surface area contributed by atoms with Crippen LogP contribution in [0.2, 0.25) is 0 Å². The minimum atomic E-state index is 0.491. The van der Waals surface area contributed by atoms with E-state index < -0.39 is 0 Å². The summed E-state index contributed by atoms with van der Waals surface area (Å²) in [5, 5.41) is 29.0. The number of rotatable bonds is 4. The number of fused-ring (bicyclic) bond motifs is 12. The molecule has 0 spiro atoms. The topological polar surface area (TPSA) is 62.4 Å². The first-order valence-corrected chi connectivity index (χ1v) is 22.8. The molecular formula is C62H37N5. The first-order chi connectivity index (χ1) is 33.1. The SMILES string of the molecule is N#Cc1cc(C#N)cc(-c2ccc3cc4c(cc3c2)Cc2ccc(-n3c5ccc(-n6c7ccccc7c7ccccc76)cc5c5cc(-n6c7ccccc7c7ccccc76)ccc53)cc2C4)c1. The molecule has 0 fully saturated rings. The van der Waals surface area contributed by atoms with Gasteiger partial charge < -0.3 is 13.7 Å². The largest absolute Gasteiger partial charge is 0.309 e. The summed E-state index contributed by atoms with van der Waals surface area (Å²) in [5.41, 5.74) is 18.8. The van der Waals surface area contributed by atoms with Crippen molar-refractivity contribution < 1.29 is 0 Å². The van der Waals surface area contributed by atoms with Crippen LogP contribution in [0.15, 0.2) is 200 Å². The standard InChI is InChI=1S/C62H37N5/c63-36-38-25-39(37-64)27-43(26-38)40-17-18-41-29-46-32-47-33-48(20-19-42(47)30-45(46)31-44(41)28-40)65-61-23-21-49(66-57-13-5-1-9-51(57)52-10-2-6-14-58(52)66)34-55(61)56-35-50(22-24-62(56)65)67-59-15-7-3-11-53(59)54-12-4-8-16-60(54)67/h1-29,31,33-35H,30,32H2. The van der Waals surface area contributed by atoms with Crippen molar-refractivity contribution in [2.75, 3.05) is 0 Å². The van der Waals surface area contributed by atoms with E-state index in [2.05, 4.69) is 208 Å². The Kier molecular flexibility index (Phi) is 7.88. The number of nitrogens with zero attached hydrogens (tertiary/aromatic N) is 5. The molecule has 0 N–H and O–H groups in total. The van der Waals surface area contributed by atoms with Gasteiger partial charge >= 0.3 is 0 Å². The molecule has 0 radical (unpaired) electrons. The van der Waals surface area contributed by atoms with Gasteiger partial charge in [-0.3, -0.25) is 0 Å². The lowest BCUT2D eigenvalue weighted by Crippen LogP contribution is -2.08. The van der Waals surface area contributed by atoms with Crippen molar-refractivity contribution in [2.45, 2.75) is 12.8 Å². The summed E-state index contributed by atoms with van der Waals surface area (Å²) in [6.07, 6.45) is 1.70. The van der Waals surface area contributed by atoms with Crippen LogP contribution in [0, 0.1) is 22.7 Å². The summed E-state index contributed by atoms with van der Waals surface area (Å²) in [5.74, 6) is 0. The van der Waals surface area contributed by atoms with Crippen LogP contribution in [0.5, 0.6) is 0 Å². The molecule has 0 aliphatic heterocycles. The van der Waals surface area contributed by atoms with Crippen molar-refractivity contribution in [1.29, 1.82) is 10.5 Å². The number of nitriles is 2. The summed E-state index contributed by atoms with van der Waals surface area (Å²) in [6, 6.07) is 76.9. The molecule has 0 atom stereocenters. The second-order valence-corrected chi connectivity index (χ2v) is 18.0. The monoisotopic (exact) mass is 851 g/mol. The Hall–Kier alpha value is -9.16. The highest BCUT2D eigenvalue weighted by Gasteiger charge is 2.22. The van der Waals surface area contributed by atoms with E-state index in [0.717, 1.165) is 46.4 Å². The molecule has 13 aromatic rings. The fraction of sp³-hybridized carbons (Fsp3) is 0.0323. The maximum Gasteiger partial charge on any atom is 0.0992 e. The molecule has 14 rings (SSSR count). The van der Waals surface area contributed by atoms with Crippen LogP contribution in [0.1, 0.15) is 33.4 Å². The van der Waals surface area contributed by atoms with Crippen molar-refractivity contribution in [2.24, 2.45) is 0 Å². The van der Waals surface area contributed by atoms with Crippen LogP contribution in [0.25, 0.3) is 104 Å². The third-order valence-electron chi connectivity index (χ3n) is 14.3. The second kappa shape index (κ2) is 14.2. The maximum absolute atomic E-state index is 9.62. The number of hydrogen-bond acceptors (Lipinski definition) is 2. The van der Waals surface area contributed by atoms with Crippen LogP contribution in [-0.2, 0) is 12.8 Å². The Bertz CT molecular complexity index is 4060. The molecule has 5 nitrogen and oxygen atoms in total. The number of hydrogen-bond donors (Lipinski definition) is 0. The van der Waals surface area contributed by atoms with Crippen molar-refractivity contribution in [3.63, 3.8) is 0 Å². The zero-order chi connectivity index (χ0) is 44.3. The molecule has 1 aliphatic rings. The molecule has 310 valence electrons. The van der Waals surface area contributed by atoms with E-state index in [0.29, 0.717) is 11.1 Å². The van der Waals surface area contributed by atoms with Gasteiger partial charge in [-0.2, -0.15) is 10.5 Å². The van der Waals surface area contributed by atoms with E-state index in [1.165, 1.54) is 93.1 Å².